The molecule has 1 aliphatic rings. The van der Waals surface area contributed by atoms with Gasteiger partial charge in [-0.2, -0.15) is 16.1 Å². The molecule has 10 heteroatoms. The van der Waals surface area contributed by atoms with Crippen LogP contribution in [-0.4, -0.2) is 83.8 Å². The van der Waals surface area contributed by atoms with E-state index < -0.39 is 28.3 Å². The highest BCUT2D eigenvalue weighted by atomic mass is 32.2. The summed E-state index contributed by atoms with van der Waals surface area (Å²) in [5.41, 5.74) is 0.912. The molecule has 2 aromatic carbocycles. The molecule has 0 radical (unpaired) electrons. The first-order valence-electron chi connectivity index (χ1n) is 12.1. The molecular weight excluding hydrogens is 500 g/mol. The molecule has 3 unspecified atom stereocenters. The average Bonchev–Trinajstić information content (AvgIpc) is 3.35. The summed E-state index contributed by atoms with van der Waals surface area (Å²) in [6.45, 7) is 3.79. The zero-order valence-electron chi connectivity index (χ0n) is 21.0. The predicted molar refractivity (Wildman–Crippen MR) is 142 cm³/mol. The summed E-state index contributed by atoms with van der Waals surface area (Å²) < 4.78 is 33.8. The maximum Gasteiger partial charge on any atom is 0.410 e. The van der Waals surface area contributed by atoms with Crippen LogP contribution in [0.25, 0.3) is 0 Å². The third-order valence-electron chi connectivity index (χ3n) is 6.11. The SMILES string of the molecule is CC(C)CN(CC(O)C(Cc1ccccc1)N(C)C(=O)OC1CCSC1)S(=O)(=O)c1ccc(O)cc1. The Hall–Kier alpha value is -2.27. The van der Waals surface area contributed by atoms with Crippen LogP contribution in [-0.2, 0) is 21.2 Å². The summed E-state index contributed by atoms with van der Waals surface area (Å²) in [6, 6.07) is 14.1. The van der Waals surface area contributed by atoms with Crippen LogP contribution in [0.4, 0.5) is 4.79 Å². The number of phenolic OH excluding ortho intramolecular Hbond substituents is 1. The van der Waals surface area contributed by atoms with Crippen molar-refractivity contribution in [3.8, 4) is 5.75 Å². The highest BCUT2D eigenvalue weighted by Gasteiger charge is 2.35. The van der Waals surface area contributed by atoms with E-state index in [1.807, 2.05) is 44.2 Å². The van der Waals surface area contributed by atoms with Gasteiger partial charge in [-0.05, 0) is 54.3 Å². The quantitative estimate of drug-likeness (QED) is 0.452. The van der Waals surface area contributed by atoms with Crippen LogP contribution in [0.15, 0.2) is 59.5 Å². The largest absolute Gasteiger partial charge is 0.508 e. The molecule has 0 bridgehead atoms. The molecule has 0 saturated carbocycles. The molecule has 1 fully saturated rings. The number of carbonyl (C=O) groups is 1. The Morgan fingerprint density at radius 3 is 2.36 bits per heavy atom. The van der Waals surface area contributed by atoms with Crippen molar-refractivity contribution in [2.45, 2.75) is 49.8 Å². The number of likely N-dealkylation sites (N-methyl/N-ethyl adjacent to an activating group) is 1. The summed E-state index contributed by atoms with van der Waals surface area (Å²) in [6.07, 6.45) is -0.734. The molecule has 0 aliphatic carbocycles. The number of benzene rings is 2. The summed E-state index contributed by atoms with van der Waals surface area (Å²) >= 11 is 1.73. The summed E-state index contributed by atoms with van der Waals surface area (Å²) in [4.78, 5) is 14.4. The van der Waals surface area contributed by atoms with Gasteiger partial charge in [-0.15, -0.1) is 0 Å². The Morgan fingerprint density at radius 2 is 1.78 bits per heavy atom. The normalized spacial score (nSPS) is 17.8. The van der Waals surface area contributed by atoms with Crippen LogP contribution < -0.4 is 0 Å². The number of aliphatic hydroxyl groups excluding tert-OH is 1. The minimum Gasteiger partial charge on any atom is -0.508 e. The fourth-order valence-electron chi connectivity index (χ4n) is 4.13. The van der Waals surface area contributed by atoms with Crippen molar-refractivity contribution >= 4 is 27.9 Å². The van der Waals surface area contributed by atoms with E-state index in [0.29, 0.717) is 6.42 Å². The van der Waals surface area contributed by atoms with Gasteiger partial charge in [0.2, 0.25) is 10.0 Å². The predicted octanol–water partition coefficient (Wildman–Crippen LogP) is 3.59. The van der Waals surface area contributed by atoms with Gasteiger partial charge in [-0.3, -0.25) is 0 Å². The first kappa shape index (κ1) is 28.3. The van der Waals surface area contributed by atoms with Gasteiger partial charge in [0, 0.05) is 25.9 Å². The molecule has 36 heavy (non-hydrogen) atoms. The number of sulfonamides is 1. The maximum absolute atomic E-state index is 13.5. The van der Waals surface area contributed by atoms with Crippen LogP contribution >= 0.6 is 11.8 Å². The zero-order chi connectivity index (χ0) is 26.3. The van der Waals surface area contributed by atoms with E-state index in [1.165, 1.54) is 33.5 Å². The van der Waals surface area contributed by atoms with Crippen molar-refractivity contribution in [3.63, 3.8) is 0 Å². The number of carbonyl (C=O) groups excluding carboxylic acids is 1. The van der Waals surface area contributed by atoms with Crippen molar-refractivity contribution in [1.29, 1.82) is 0 Å². The molecule has 8 nitrogen and oxygen atoms in total. The molecule has 2 aromatic rings. The van der Waals surface area contributed by atoms with Crippen molar-refractivity contribution in [2.24, 2.45) is 5.92 Å². The fourth-order valence-corrected chi connectivity index (χ4v) is 6.84. The second kappa shape index (κ2) is 12.8. The summed E-state index contributed by atoms with van der Waals surface area (Å²) in [5, 5.41) is 21.0. The summed E-state index contributed by atoms with van der Waals surface area (Å²) in [5.74, 6) is 1.66. The molecule has 1 aliphatic heterocycles. The van der Waals surface area contributed by atoms with E-state index in [9.17, 15) is 23.4 Å². The number of aromatic hydroxyl groups is 1. The highest BCUT2D eigenvalue weighted by Crippen LogP contribution is 2.24. The maximum atomic E-state index is 13.5. The molecule has 0 spiro atoms. The molecule has 3 rings (SSSR count). The van der Waals surface area contributed by atoms with Crippen LogP contribution in [0.2, 0.25) is 0 Å². The van der Waals surface area contributed by atoms with Crippen molar-refractivity contribution in [2.75, 3.05) is 31.6 Å². The molecule has 0 aromatic heterocycles. The number of thioether (sulfide) groups is 1. The zero-order valence-corrected chi connectivity index (χ0v) is 22.6. The lowest BCUT2D eigenvalue weighted by atomic mass is 10.00. The van der Waals surface area contributed by atoms with E-state index in [-0.39, 0.29) is 35.8 Å². The van der Waals surface area contributed by atoms with E-state index in [2.05, 4.69) is 0 Å². The van der Waals surface area contributed by atoms with Gasteiger partial charge in [0.25, 0.3) is 0 Å². The Balaban J connectivity index is 1.85. The number of aliphatic hydroxyl groups is 1. The average molecular weight is 537 g/mol. The number of ether oxygens (including phenoxy) is 1. The Kier molecular flexibility index (Phi) is 10.1. The van der Waals surface area contributed by atoms with Gasteiger partial charge in [-0.1, -0.05) is 44.2 Å². The number of hydrogen-bond acceptors (Lipinski definition) is 7. The monoisotopic (exact) mass is 536 g/mol. The molecule has 1 saturated heterocycles. The lowest BCUT2D eigenvalue weighted by Gasteiger charge is -2.35. The van der Waals surface area contributed by atoms with Crippen LogP contribution in [0.5, 0.6) is 5.75 Å². The Labute approximate surface area is 218 Å². The fraction of sp³-hybridized carbons (Fsp3) is 0.500. The lowest BCUT2D eigenvalue weighted by Crippen LogP contribution is -2.52. The van der Waals surface area contributed by atoms with Gasteiger partial charge in [0.15, 0.2) is 0 Å². The molecule has 1 amide bonds. The highest BCUT2D eigenvalue weighted by molar-refractivity contribution is 7.99. The molecule has 3 atom stereocenters. The number of rotatable bonds is 11. The van der Waals surface area contributed by atoms with Crippen molar-refractivity contribution in [3.05, 3.63) is 60.2 Å². The second-order valence-corrected chi connectivity index (χ2v) is 12.6. The lowest BCUT2D eigenvalue weighted by molar-refractivity contribution is 0.0243. The van der Waals surface area contributed by atoms with E-state index in [4.69, 9.17) is 4.74 Å². The number of hydrogen-bond donors (Lipinski definition) is 2. The summed E-state index contributed by atoms with van der Waals surface area (Å²) in [7, 11) is -2.37. The van der Waals surface area contributed by atoms with Gasteiger partial charge < -0.3 is 19.8 Å². The van der Waals surface area contributed by atoms with E-state index in [0.717, 1.165) is 23.5 Å². The first-order valence-corrected chi connectivity index (χ1v) is 14.7. The molecular formula is C26H36N2O6S2. The van der Waals surface area contributed by atoms with Gasteiger partial charge in [0.05, 0.1) is 17.0 Å². The van der Waals surface area contributed by atoms with Crippen LogP contribution in [0, 0.1) is 5.92 Å². The second-order valence-electron chi connectivity index (χ2n) is 9.51. The number of amides is 1. The third-order valence-corrected chi connectivity index (χ3v) is 9.08. The number of phenols is 1. The first-order chi connectivity index (χ1) is 17.1. The third kappa shape index (κ3) is 7.61. The van der Waals surface area contributed by atoms with Gasteiger partial charge in [-0.25, -0.2) is 13.2 Å². The molecule has 198 valence electrons. The van der Waals surface area contributed by atoms with E-state index in [1.54, 1.807) is 18.8 Å². The standard InChI is InChI=1S/C26H36N2O6S2/c1-19(2)16-28(36(32,33)23-11-9-21(29)10-12-23)17-25(30)24(15-20-7-5-4-6-8-20)27(3)26(31)34-22-13-14-35-18-22/h4-12,19,22,24-25,29-30H,13-18H2,1-3H3. The molecule has 1 heterocycles. The molecule has 2 N–H and O–H groups in total. The van der Waals surface area contributed by atoms with Gasteiger partial charge in [0.1, 0.15) is 11.9 Å². The van der Waals surface area contributed by atoms with Gasteiger partial charge >= 0.3 is 6.09 Å². The van der Waals surface area contributed by atoms with Crippen LogP contribution in [0.3, 0.4) is 0 Å². The Morgan fingerprint density at radius 1 is 1.11 bits per heavy atom. The van der Waals surface area contributed by atoms with Crippen molar-refractivity contribution in [1.82, 2.24) is 9.21 Å². The smallest absolute Gasteiger partial charge is 0.410 e. The van der Waals surface area contributed by atoms with E-state index >= 15 is 0 Å². The Bertz CT molecular complexity index is 1070. The topological polar surface area (TPSA) is 107 Å². The van der Waals surface area contributed by atoms with Crippen molar-refractivity contribution < 1.29 is 28.2 Å². The minimum absolute atomic E-state index is 0.000718. The number of nitrogens with zero attached hydrogens (tertiary/aromatic N) is 2. The van der Waals surface area contributed by atoms with Crippen LogP contribution in [0.1, 0.15) is 25.8 Å². The minimum atomic E-state index is -3.95.